The van der Waals surface area contributed by atoms with Crippen LogP contribution in [0.4, 0.5) is 10.5 Å². The van der Waals surface area contributed by atoms with Gasteiger partial charge in [0.25, 0.3) is 0 Å². The Morgan fingerprint density at radius 3 is 2.81 bits per heavy atom. The minimum absolute atomic E-state index is 0.229. The first-order valence-electron chi connectivity index (χ1n) is 5.01. The van der Waals surface area contributed by atoms with Crippen LogP contribution in [0.5, 0.6) is 0 Å². The average Bonchev–Trinajstić information content (AvgIpc) is 2.27. The van der Waals surface area contributed by atoms with Crippen molar-refractivity contribution in [3.63, 3.8) is 0 Å². The number of hydrogen-bond acceptors (Lipinski definition) is 3. The molecule has 5 heteroatoms. The van der Waals surface area contributed by atoms with Gasteiger partial charge in [-0.2, -0.15) is 0 Å². The van der Waals surface area contributed by atoms with Gasteiger partial charge in [-0.1, -0.05) is 12.1 Å². The molecule has 84 valence electrons. The van der Waals surface area contributed by atoms with Crippen molar-refractivity contribution in [2.75, 3.05) is 4.90 Å². The van der Waals surface area contributed by atoms with Gasteiger partial charge < -0.3 is 10.8 Å². The Labute approximate surface area is 92.5 Å². The van der Waals surface area contributed by atoms with E-state index in [-0.39, 0.29) is 12.3 Å². The highest BCUT2D eigenvalue weighted by atomic mass is 16.4. The van der Waals surface area contributed by atoms with Crippen LogP contribution in [0, 0.1) is 0 Å². The van der Waals surface area contributed by atoms with Crippen LogP contribution in [0.1, 0.15) is 17.5 Å². The fourth-order valence-corrected chi connectivity index (χ4v) is 1.88. The fourth-order valence-electron chi connectivity index (χ4n) is 1.88. The lowest BCUT2D eigenvalue weighted by Gasteiger charge is -2.25. The SMILES string of the molecule is NCc1ccc2c(c1)CCC(=O)N2C(=O)O. The molecule has 0 bridgehead atoms. The number of carbonyl (C=O) groups excluding carboxylic acids is 1. The van der Waals surface area contributed by atoms with E-state index in [2.05, 4.69) is 0 Å². The predicted octanol–water partition coefficient (Wildman–Crippen LogP) is 1.10. The first-order valence-corrected chi connectivity index (χ1v) is 5.01. The van der Waals surface area contributed by atoms with Crippen molar-refractivity contribution in [2.45, 2.75) is 19.4 Å². The number of benzene rings is 1. The van der Waals surface area contributed by atoms with Crippen LogP contribution in [-0.4, -0.2) is 17.1 Å². The Morgan fingerprint density at radius 2 is 2.19 bits per heavy atom. The van der Waals surface area contributed by atoms with Crippen molar-refractivity contribution < 1.29 is 14.7 Å². The van der Waals surface area contributed by atoms with Crippen LogP contribution >= 0.6 is 0 Å². The summed E-state index contributed by atoms with van der Waals surface area (Å²) in [5.41, 5.74) is 7.78. The number of carbonyl (C=O) groups is 2. The van der Waals surface area contributed by atoms with Crippen molar-refractivity contribution in [3.8, 4) is 0 Å². The maximum Gasteiger partial charge on any atom is 0.418 e. The van der Waals surface area contributed by atoms with Gasteiger partial charge in [0, 0.05) is 13.0 Å². The number of imide groups is 1. The van der Waals surface area contributed by atoms with Crippen molar-refractivity contribution in [3.05, 3.63) is 29.3 Å². The summed E-state index contributed by atoms with van der Waals surface area (Å²) >= 11 is 0. The summed E-state index contributed by atoms with van der Waals surface area (Å²) in [6, 6.07) is 5.24. The quantitative estimate of drug-likeness (QED) is 0.742. The zero-order valence-corrected chi connectivity index (χ0v) is 8.64. The summed E-state index contributed by atoms with van der Waals surface area (Å²) in [6.45, 7) is 0.411. The second-order valence-corrected chi connectivity index (χ2v) is 3.68. The van der Waals surface area contributed by atoms with Gasteiger partial charge in [0.15, 0.2) is 0 Å². The van der Waals surface area contributed by atoms with E-state index in [4.69, 9.17) is 10.8 Å². The largest absolute Gasteiger partial charge is 0.464 e. The zero-order chi connectivity index (χ0) is 11.7. The first-order chi connectivity index (χ1) is 7.63. The highest BCUT2D eigenvalue weighted by Crippen LogP contribution is 2.28. The molecule has 16 heavy (non-hydrogen) atoms. The molecule has 0 aliphatic carbocycles. The second kappa shape index (κ2) is 3.94. The Kier molecular flexibility index (Phi) is 2.62. The number of fused-ring (bicyclic) bond motifs is 1. The summed E-state index contributed by atoms with van der Waals surface area (Å²) in [6.07, 6.45) is -0.425. The summed E-state index contributed by atoms with van der Waals surface area (Å²) in [7, 11) is 0. The van der Waals surface area contributed by atoms with Gasteiger partial charge in [-0.25, -0.2) is 9.69 Å². The van der Waals surface area contributed by atoms with Crippen LogP contribution in [0.2, 0.25) is 0 Å². The molecule has 0 spiro atoms. The molecule has 0 unspecified atom stereocenters. The van der Waals surface area contributed by atoms with Gasteiger partial charge in [-0.3, -0.25) is 4.79 Å². The molecule has 0 aromatic heterocycles. The number of amides is 2. The Morgan fingerprint density at radius 1 is 1.44 bits per heavy atom. The minimum atomic E-state index is -1.23. The molecule has 5 nitrogen and oxygen atoms in total. The predicted molar refractivity (Wildman–Crippen MR) is 58.2 cm³/mol. The van der Waals surface area contributed by atoms with Gasteiger partial charge in [0.05, 0.1) is 5.69 Å². The summed E-state index contributed by atoms with van der Waals surface area (Å²) < 4.78 is 0. The Balaban J connectivity index is 2.48. The molecule has 0 atom stereocenters. The molecule has 0 saturated carbocycles. The highest BCUT2D eigenvalue weighted by Gasteiger charge is 2.29. The second-order valence-electron chi connectivity index (χ2n) is 3.68. The summed E-state index contributed by atoms with van der Waals surface area (Å²) in [5.74, 6) is -0.375. The van der Waals surface area contributed by atoms with Crippen LogP contribution < -0.4 is 10.6 Å². The van der Waals surface area contributed by atoms with E-state index in [1.54, 1.807) is 12.1 Å². The highest BCUT2D eigenvalue weighted by molar-refractivity contribution is 6.13. The molecule has 2 rings (SSSR count). The minimum Gasteiger partial charge on any atom is -0.464 e. The average molecular weight is 220 g/mol. The van der Waals surface area contributed by atoms with Crippen molar-refractivity contribution in [1.82, 2.24) is 0 Å². The van der Waals surface area contributed by atoms with Gasteiger partial charge in [-0.05, 0) is 23.6 Å². The molecule has 1 heterocycles. The number of hydrogen-bond donors (Lipinski definition) is 2. The molecule has 1 aromatic carbocycles. The van der Waals surface area contributed by atoms with Crippen molar-refractivity contribution in [1.29, 1.82) is 0 Å². The lowest BCUT2D eigenvalue weighted by Crippen LogP contribution is -2.39. The van der Waals surface area contributed by atoms with Crippen molar-refractivity contribution in [2.24, 2.45) is 5.73 Å². The number of nitrogens with zero attached hydrogens (tertiary/aromatic N) is 1. The van der Waals surface area contributed by atoms with Gasteiger partial charge >= 0.3 is 6.09 Å². The van der Waals surface area contributed by atoms with E-state index in [1.165, 1.54) is 0 Å². The number of nitrogens with two attached hydrogens (primary N) is 1. The zero-order valence-electron chi connectivity index (χ0n) is 8.64. The van der Waals surface area contributed by atoms with E-state index in [0.29, 0.717) is 18.7 Å². The molecule has 1 aromatic rings. The maximum atomic E-state index is 11.5. The lowest BCUT2D eigenvalue weighted by molar-refractivity contribution is -0.118. The van der Waals surface area contributed by atoms with Crippen LogP contribution in [0.25, 0.3) is 0 Å². The van der Waals surface area contributed by atoms with E-state index in [9.17, 15) is 9.59 Å². The van der Waals surface area contributed by atoms with E-state index < -0.39 is 6.09 Å². The van der Waals surface area contributed by atoms with E-state index in [0.717, 1.165) is 16.0 Å². The van der Waals surface area contributed by atoms with Crippen molar-refractivity contribution >= 4 is 17.7 Å². The lowest BCUT2D eigenvalue weighted by atomic mass is 9.99. The monoisotopic (exact) mass is 220 g/mol. The molecule has 0 radical (unpaired) electrons. The van der Waals surface area contributed by atoms with Gasteiger partial charge in [-0.15, -0.1) is 0 Å². The molecule has 1 aliphatic rings. The molecule has 0 fully saturated rings. The molecule has 2 amide bonds. The van der Waals surface area contributed by atoms with Gasteiger partial charge in [0.1, 0.15) is 0 Å². The smallest absolute Gasteiger partial charge is 0.418 e. The van der Waals surface area contributed by atoms with E-state index >= 15 is 0 Å². The third kappa shape index (κ3) is 1.65. The number of anilines is 1. The standard InChI is InChI=1S/C11H12N2O3/c12-6-7-1-3-9-8(5-7)2-4-10(14)13(9)11(15)16/h1,3,5H,2,4,6,12H2,(H,15,16). The fraction of sp³-hybridized carbons (Fsp3) is 0.273. The molecular weight excluding hydrogens is 208 g/mol. The van der Waals surface area contributed by atoms with E-state index in [1.807, 2.05) is 6.07 Å². The third-order valence-corrected chi connectivity index (χ3v) is 2.67. The summed E-state index contributed by atoms with van der Waals surface area (Å²) in [4.78, 5) is 23.2. The first kappa shape index (κ1) is 10.6. The molecule has 1 aliphatic heterocycles. The van der Waals surface area contributed by atoms with Gasteiger partial charge in [0.2, 0.25) is 5.91 Å². The van der Waals surface area contributed by atoms with Crippen LogP contribution in [0.3, 0.4) is 0 Å². The Hall–Kier alpha value is -1.88. The molecule has 3 N–H and O–H groups in total. The van der Waals surface area contributed by atoms with Crippen LogP contribution in [-0.2, 0) is 17.8 Å². The Bertz CT molecular complexity index is 457. The third-order valence-electron chi connectivity index (χ3n) is 2.67. The topological polar surface area (TPSA) is 83.6 Å². The van der Waals surface area contributed by atoms with Crippen LogP contribution in [0.15, 0.2) is 18.2 Å². The number of carboxylic acid groups (broad SMARTS) is 1. The number of rotatable bonds is 1. The molecular formula is C11H12N2O3. The normalized spacial score (nSPS) is 14.8. The maximum absolute atomic E-state index is 11.5. The molecule has 0 saturated heterocycles. The summed E-state index contributed by atoms with van der Waals surface area (Å²) in [5, 5.41) is 8.96. The number of aryl methyl sites for hydroxylation is 1.